The third kappa shape index (κ3) is 1.62. The fourth-order valence-electron chi connectivity index (χ4n) is 2.36. The first-order valence-electron chi connectivity index (χ1n) is 5.69. The van der Waals surface area contributed by atoms with Crippen LogP contribution in [0.25, 0.3) is 0 Å². The predicted molar refractivity (Wildman–Crippen MR) is 62.8 cm³/mol. The van der Waals surface area contributed by atoms with E-state index in [1.807, 2.05) is 32.0 Å². The van der Waals surface area contributed by atoms with Crippen molar-refractivity contribution in [2.45, 2.75) is 38.7 Å². The zero-order chi connectivity index (χ0) is 11.8. The molecule has 1 aromatic rings. The van der Waals surface area contributed by atoms with E-state index < -0.39 is 11.0 Å². The van der Waals surface area contributed by atoms with Crippen molar-refractivity contribution in [1.82, 2.24) is 0 Å². The Kier molecular flexibility index (Phi) is 2.52. The van der Waals surface area contributed by atoms with E-state index in [1.54, 1.807) is 0 Å². The van der Waals surface area contributed by atoms with E-state index in [-0.39, 0.29) is 0 Å². The van der Waals surface area contributed by atoms with E-state index in [0.717, 1.165) is 6.42 Å². The standard InChI is InChI=1S/C14H17NO/c1-13(2,10-15)14(16)8-7-11-5-3-4-6-12(11)9-14/h3-6,16H,7-9H2,1-2H3. The average molecular weight is 215 g/mol. The van der Waals surface area contributed by atoms with Crippen LogP contribution in [0.15, 0.2) is 24.3 Å². The lowest BCUT2D eigenvalue weighted by atomic mass is 9.66. The van der Waals surface area contributed by atoms with E-state index in [1.165, 1.54) is 11.1 Å². The lowest BCUT2D eigenvalue weighted by molar-refractivity contribution is -0.0496. The number of rotatable bonds is 1. The van der Waals surface area contributed by atoms with Gasteiger partial charge in [0.25, 0.3) is 0 Å². The Bertz CT molecular complexity index is 444. The molecule has 1 unspecified atom stereocenters. The van der Waals surface area contributed by atoms with Crippen LogP contribution in [0.2, 0.25) is 0 Å². The van der Waals surface area contributed by atoms with Crippen LogP contribution in [0.5, 0.6) is 0 Å². The van der Waals surface area contributed by atoms with E-state index >= 15 is 0 Å². The number of aliphatic hydroxyl groups is 1. The third-order valence-electron chi connectivity index (χ3n) is 3.85. The van der Waals surface area contributed by atoms with Crippen LogP contribution in [-0.2, 0) is 12.8 Å². The van der Waals surface area contributed by atoms with Gasteiger partial charge in [-0.1, -0.05) is 24.3 Å². The number of nitrogens with zero attached hydrogens (tertiary/aromatic N) is 1. The van der Waals surface area contributed by atoms with Gasteiger partial charge in [0, 0.05) is 6.42 Å². The van der Waals surface area contributed by atoms with Gasteiger partial charge in [-0.05, 0) is 37.8 Å². The van der Waals surface area contributed by atoms with Gasteiger partial charge in [0.15, 0.2) is 0 Å². The Hall–Kier alpha value is -1.33. The summed E-state index contributed by atoms with van der Waals surface area (Å²) < 4.78 is 0. The highest BCUT2D eigenvalue weighted by Crippen LogP contribution is 2.40. The summed E-state index contributed by atoms with van der Waals surface area (Å²) in [4.78, 5) is 0. The number of nitriles is 1. The van der Waals surface area contributed by atoms with Crippen molar-refractivity contribution in [3.05, 3.63) is 35.4 Å². The second-order valence-corrected chi connectivity index (χ2v) is 5.21. The van der Waals surface area contributed by atoms with Gasteiger partial charge in [0.05, 0.1) is 17.1 Å². The molecule has 0 bridgehead atoms. The highest BCUT2D eigenvalue weighted by molar-refractivity contribution is 5.33. The van der Waals surface area contributed by atoms with E-state index in [4.69, 9.17) is 5.26 Å². The van der Waals surface area contributed by atoms with Gasteiger partial charge in [0.2, 0.25) is 0 Å². The first-order chi connectivity index (χ1) is 7.48. The molecule has 1 N–H and O–H groups in total. The minimum atomic E-state index is -0.893. The SMILES string of the molecule is CC(C)(C#N)C1(O)CCc2ccccc2C1. The van der Waals surface area contributed by atoms with Crippen molar-refractivity contribution >= 4 is 0 Å². The molecule has 1 aliphatic carbocycles. The van der Waals surface area contributed by atoms with Crippen molar-refractivity contribution in [2.75, 3.05) is 0 Å². The molecule has 16 heavy (non-hydrogen) atoms. The van der Waals surface area contributed by atoms with Crippen LogP contribution in [0.4, 0.5) is 0 Å². The molecule has 0 aliphatic heterocycles. The Balaban J connectivity index is 2.36. The van der Waals surface area contributed by atoms with Crippen LogP contribution < -0.4 is 0 Å². The Labute approximate surface area is 96.5 Å². The second kappa shape index (κ2) is 3.61. The molecule has 2 nitrogen and oxygen atoms in total. The van der Waals surface area contributed by atoms with Crippen molar-refractivity contribution < 1.29 is 5.11 Å². The molecule has 84 valence electrons. The largest absolute Gasteiger partial charge is 0.388 e. The molecule has 0 radical (unpaired) electrons. The molecule has 0 saturated carbocycles. The summed E-state index contributed by atoms with van der Waals surface area (Å²) in [6.07, 6.45) is 2.12. The smallest absolute Gasteiger partial charge is 0.0871 e. The Morgan fingerprint density at radius 1 is 1.31 bits per heavy atom. The summed E-state index contributed by atoms with van der Waals surface area (Å²) in [6.45, 7) is 3.64. The maximum atomic E-state index is 10.6. The third-order valence-corrected chi connectivity index (χ3v) is 3.85. The molecule has 1 aliphatic rings. The van der Waals surface area contributed by atoms with Crippen molar-refractivity contribution in [3.63, 3.8) is 0 Å². The molecule has 0 spiro atoms. The molecule has 1 atom stereocenters. The number of hydrogen-bond donors (Lipinski definition) is 1. The number of aryl methyl sites for hydroxylation is 1. The molecule has 1 aromatic carbocycles. The van der Waals surface area contributed by atoms with E-state index in [0.29, 0.717) is 12.8 Å². The molecular weight excluding hydrogens is 198 g/mol. The minimum absolute atomic E-state index is 0.587. The number of hydrogen-bond acceptors (Lipinski definition) is 2. The van der Waals surface area contributed by atoms with Crippen LogP contribution >= 0.6 is 0 Å². The highest BCUT2D eigenvalue weighted by Gasteiger charge is 2.45. The first kappa shape index (κ1) is 11.2. The van der Waals surface area contributed by atoms with Crippen LogP contribution in [0, 0.1) is 16.7 Å². The molecule has 0 amide bonds. The molecule has 0 saturated heterocycles. The summed E-state index contributed by atoms with van der Waals surface area (Å²) in [6, 6.07) is 10.4. The minimum Gasteiger partial charge on any atom is -0.388 e. The zero-order valence-electron chi connectivity index (χ0n) is 9.83. The summed E-state index contributed by atoms with van der Waals surface area (Å²) in [5.74, 6) is 0. The van der Waals surface area contributed by atoms with Crippen LogP contribution in [-0.4, -0.2) is 10.7 Å². The van der Waals surface area contributed by atoms with Gasteiger partial charge in [-0.3, -0.25) is 0 Å². The zero-order valence-corrected chi connectivity index (χ0v) is 9.83. The molecule has 0 heterocycles. The normalized spacial score (nSPS) is 24.6. The van der Waals surface area contributed by atoms with E-state index in [2.05, 4.69) is 12.1 Å². The lowest BCUT2D eigenvalue weighted by Gasteiger charge is -2.41. The molecule has 2 heteroatoms. The van der Waals surface area contributed by atoms with Gasteiger partial charge in [-0.2, -0.15) is 5.26 Å². The van der Waals surface area contributed by atoms with Crippen LogP contribution in [0.1, 0.15) is 31.4 Å². The maximum Gasteiger partial charge on any atom is 0.0871 e. The molecule has 0 aromatic heterocycles. The van der Waals surface area contributed by atoms with Gasteiger partial charge < -0.3 is 5.11 Å². The fraction of sp³-hybridized carbons (Fsp3) is 0.500. The lowest BCUT2D eigenvalue weighted by Crippen LogP contribution is -2.48. The summed E-state index contributed by atoms with van der Waals surface area (Å²) in [5, 5.41) is 19.8. The second-order valence-electron chi connectivity index (χ2n) is 5.21. The van der Waals surface area contributed by atoms with Crippen molar-refractivity contribution in [3.8, 4) is 6.07 Å². The highest BCUT2D eigenvalue weighted by atomic mass is 16.3. The molecule has 2 rings (SSSR count). The van der Waals surface area contributed by atoms with Gasteiger partial charge in [0.1, 0.15) is 0 Å². The quantitative estimate of drug-likeness (QED) is 0.782. The fourth-order valence-corrected chi connectivity index (χ4v) is 2.36. The Morgan fingerprint density at radius 2 is 1.94 bits per heavy atom. The molecular formula is C14H17NO. The molecule has 0 fully saturated rings. The summed E-state index contributed by atoms with van der Waals surface area (Å²) in [7, 11) is 0. The average Bonchev–Trinajstić information content (AvgIpc) is 2.28. The van der Waals surface area contributed by atoms with Crippen molar-refractivity contribution in [2.24, 2.45) is 5.41 Å². The number of benzene rings is 1. The summed E-state index contributed by atoms with van der Waals surface area (Å²) in [5.41, 5.74) is 0.900. The number of fused-ring (bicyclic) bond motifs is 1. The van der Waals surface area contributed by atoms with Gasteiger partial charge >= 0.3 is 0 Å². The maximum absolute atomic E-state index is 10.6. The topological polar surface area (TPSA) is 44.0 Å². The van der Waals surface area contributed by atoms with E-state index in [9.17, 15) is 5.11 Å². The van der Waals surface area contributed by atoms with Gasteiger partial charge in [-0.25, -0.2) is 0 Å². The predicted octanol–water partition coefficient (Wildman–Crippen LogP) is 2.46. The summed E-state index contributed by atoms with van der Waals surface area (Å²) >= 11 is 0. The van der Waals surface area contributed by atoms with Crippen LogP contribution in [0.3, 0.4) is 0 Å². The monoisotopic (exact) mass is 215 g/mol. The van der Waals surface area contributed by atoms with Crippen molar-refractivity contribution in [1.29, 1.82) is 5.26 Å². The Morgan fingerprint density at radius 3 is 2.56 bits per heavy atom. The first-order valence-corrected chi connectivity index (χ1v) is 5.69. The van der Waals surface area contributed by atoms with Gasteiger partial charge in [-0.15, -0.1) is 0 Å².